The number of pyridine rings is 1. The third kappa shape index (κ3) is 2.69. The van der Waals surface area contributed by atoms with E-state index in [0.717, 1.165) is 28.0 Å². The molecule has 3 heterocycles. The minimum atomic E-state index is -0.172. The Morgan fingerprint density at radius 2 is 1.92 bits per heavy atom. The lowest BCUT2D eigenvalue weighted by Crippen LogP contribution is -2.26. The van der Waals surface area contributed by atoms with Gasteiger partial charge in [-0.05, 0) is 44.5 Å². The summed E-state index contributed by atoms with van der Waals surface area (Å²) in [7, 11) is 0. The van der Waals surface area contributed by atoms with Gasteiger partial charge in [-0.25, -0.2) is 9.36 Å². The van der Waals surface area contributed by atoms with Crippen molar-refractivity contribution < 1.29 is 0 Å². The van der Waals surface area contributed by atoms with Crippen molar-refractivity contribution >= 4 is 10.9 Å². The molecule has 0 saturated heterocycles. The summed E-state index contributed by atoms with van der Waals surface area (Å²) in [6.45, 7) is 6.29. The first-order valence-electron chi connectivity index (χ1n) is 8.47. The van der Waals surface area contributed by atoms with Crippen LogP contribution in [0.4, 0.5) is 0 Å². The molecule has 0 unspecified atom stereocenters. The SMILES string of the molecule is Cc1ccc(-n2ncc3c(C)nn(Cc4ccccn4)c(=O)c32)c(C)c1. The average molecular weight is 345 g/mol. The summed E-state index contributed by atoms with van der Waals surface area (Å²) in [5.74, 6) is 0. The van der Waals surface area contributed by atoms with E-state index in [1.807, 2.05) is 51.1 Å². The van der Waals surface area contributed by atoms with Crippen LogP contribution in [0.15, 0.2) is 53.6 Å². The molecule has 0 atom stereocenters. The molecule has 0 aliphatic rings. The van der Waals surface area contributed by atoms with Gasteiger partial charge in [-0.3, -0.25) is 9.78 Å². The van der Waals surface area contributed by atoms with Crippen molar-refractivity contribution in [2.24, 2.45) is 0 Å². The van der Waals surface area contributed by atoms with Crippen LogP contribution in [-0.4, -0.2) is 24.5 Å². The molecule has 0 amide bonds. The van der Waals surface area contributed by atoms with Gasteiger partial charge in [-0.15, -0.1) is 0 Å². The molecule has 0 aliphatic carbocycles. The molecule has 4 aromatic rings. The highest BCUT2D eigenvalue weighted by Crippen LogP contribution is 2.20. The first-order valence-corrected chi connectivity index (χ1v) is 8.47. The molecule has 26 heavy (non-hydrogen) atoms. The van der Waals surface area contributed by atoms with Crippen LogP contribution in [0.25, 0.3) is 16.6 Å². The minimum absolute atomic E-state index is 0.172. The molecule has 0 saturated carbocycles. The van der Waals surface area contributed by atoms with Crippen molar-refractivity contribution in [1.82, 2.24) is 24.5 Å². The fourth-order valence-corrected chi connectivity index (χ4v) is 3.20. The van der Waals surface area contributed by atoms with E-state index in [1.54, 1.807) is 17.1 Å². The van der Waals surface area contributed by atoms with Crippen molar-refractivity contribution in [3.8, 4) is 5.69 Å². The van der Waals surface area contributed by atoms with Crippen molar-refractivity contribution in [2.45, 2.75) is 27.3 Å². The third-order valence-electron chi connectivity index (χ3n) is 4.49. The number of hydrogen-bond donors (Lipinski definition) is 0. The second kappa shape index (κ2) is 6.22. The largest absolute Gasteiger partial charge is 0.293 e. The van der Waals surface area contributed by atoms with Gasteiger partial charge in [0.15, 0.2) is 0 Å². The van der Waals surface area contributed by atoms with Crippen LogP contribution in [0.1, 0.15) is 22.5 Å². The second-order valence-corrected chi connectivity index (χ2v) is 6.48. The van der Waals surface area contributed by atoms with E-state index < -0.39 is 0 Å². The summed E-state index contributed by atoms with van der Waals surface area (Å²) < 4.78 is 3.18. The first kappa shape index (κ1) is 16.2. The molecule has 0 bridgehead atoms. The van der Waals surface area contributed by atoms with Gasteiger partial charge >= 0.3 is 0 Å². The molecule has 1 aromatic carbocycles. The Hall–Kier alpha value is -3.28. The molecule has 0 aliphatic heterocycles. The smallest absolute Gasteiger partial charge is 0.265 e. The lowest BCUT2D eigenvalue weighted by Gasteiger charge is -2.10. The van der Waals surface area contributed by atoms with Crippen LogP contribution >= 0.6 is 0 Å². The van der Waals surface area contributed by atoms with Crippen LogP contribution in [-0.2, 0) is 6.54 Å². The Bertz CT molecular complexity index is 1160. The molecule has 0 radical (unpaired) electrons. The van der Waals surface area contributed by atoms with Crippen molar-refractivity contribution in [3.05, 3.63) is 81.7 Å². The predicted octanol–water partition coefficient (Wildman–Crippen LogP) is 2.95. The molecule has 6 nitrogen and oxygen atoms in total. The van der Waals surface area contributed by atoms with Crippen molar-refractivity contribution in [1.29, 1.82) is 0 Å². The molecular weight excluding hydrogens is 326 g/mol. The first-order chi connectivity index (χ1) is 12.5. The zero-order valence-electron chi connectivity index (χ0n) is 15.0. The maximum Gasteiger partial charge on any atom is 0.293 e. The Labute approximate surface area is 150 Å². The van der Waals surface area contributed by atoms with Crippen LogP contribution in [0.5, 0.6) is 0 Å². The van der Waals surface area contributed by atoms with E-state index in [0.29, 0.717) is 12.1 Å². The number of rotatable bonds is 3. The van der Waals surface area contributed by atoms with Gasteiger partial charge < -0.3 is 0 Å². The number of aromatic nitrogens is 5. The fraction of sp³-hybridized carbons (Fsp3) is 0.200. The van der Waals surface area contributed by atoms with Crippen LogP contribution < -0.4 is 5.56 Å². The normalized spacial score (nSPS) is 11.2. The summed E-state index contributed by atoms with van der Waals surface area (Å²) in [5, 5.41) is 9.69. The van der Waals surface area contributed by atoms with E-state index >= 15 is 0 Å². The Kier molecular flexibility index (Phi) is 3.88. The summed E-state index contributed by atoms with van der Waals surface area (Å²) in [5.41, 5.74) is 5.07. The van der Waals surface area contributed by atoms with Gasteiger partial charge in [-0.2, -0.15) is 10.2 Å². The number of fused-ring (bicyclic) bond motifs is 1. The quantitative estimate of drug-likeness (QED) is 0.573. The summed E-state index contributed by atoms with van der Waals surface area (Å²) in [6.07, 6.45) is 3.43. The monoisotopic (exact) mass is 345 g/mol. The molecule has 4 rings (SSSR count). The Morgan fingerprint density at radius 1 is 1.08 bits per heavy atom. The maximum absolute atomic E-state index is 13.1. The average Bonchev–Trinajstić information content (AvgIpc) is 3.06. The van der Waals surface area contributed by atoms with Gasteiger partial charge in [0.2, 0.25) is 0 Å². The standard InChI is InChI=1S/C20H19N5O/c1-13-7-8-18(14(2)10-13)25-19-17(11-22-25)15(3)23-24(20(19)26)12-16-6-4-5-9-21-16/h4-11H,12H2,1-3H3. The van der Waals surface area contributed by atoms with E-state index in [1.165, 1.54) is 10.2 Å². The van der Waals surface area contributed by atoms with Gasteiger partial charge in [0.1, 0.15) is 5.52 Å². The topological polar surface area (TPSA) is 65.6 Å². The molecule has 6 heteroatoms. The number of benzene rings is 1. The lowest BCUT2D eigenvalue weighted by molar-refractivity contribution is 0.624. The fourth-order valence-electron chi connectivity index (χ4n) is 3.20. The number of hydrogen-bond acceptors (Lipinski definition) is 4. The van der Waals surface area contributed by atoms with Crippen LogP contribution in [0.2, 0.25) is 0 Å². The molecule has 3 aromatic heterocycles. The van der Waals surface area contributed by atoms with Gasteiger partial charge in [0.05, 0.1) is 29.8 Å². The van der Waals surface area contributed by atoms with Gasteiger partial charge in [0.25, 0.3) is 5.56 Å². The van der Waals surface area contributed by atoms with Crippen molar-refractivity contribution in [2.75, 3.05) is 0 Å². The summed E-state index contributed by atoms with van der Waals surface area (Å²) in [4.78, 5) is 17.4. The molecular formula is C20H19N5O. The van der Waals surface area contributed by atoms with Crippen LogP contribution in [0, 0.1) is 20.8 Å². The van der Waals surface area contributed by atoms with E-state index in [2.05, 4.69) is 21.2 Å². The van der Waals surface area contributed by atoms with E-state index in [9.17, 15) is 4.79 Å². The van der Waals surface area contributed by atoms with Crippen LogP contribution in [0.3, 0.4) is 0 Å². The zero-order valence-corrected chi connectivity index (χ0v) is 15.0. The maximum atomic E-state index is 13.1. The van der Waals surface area contributed by atoms with Crippen molar-refractivity contribution in [3.63, 3.8) is 0 Å². The highest BCUT2D eigenvalue weighted by atomic mass is 16.1. The Balaban J connectivity index is 1.93. The zero-order chi connectivity index (χ0) is 18.3. The van der Waals surface area contributed by atoms with E-state index in [4.69, 9.17) is 0 Å². The summed E-state index contributed by atoms with van der Waals surface area (Å²) >= 11 is 0. The van der Waals surface area contributed by atoms with Gasteiger partial charge in [0, 0.05) is 11.6 Å². The Morgan fingerprint density at radius 3 is 2.65 bits per heavy atom. The second-order valence-electron chi connectivity index (χ2n) is 6.48. The molecule has 0 N–H and O–H groups in total. The van der Waals surface area contributed by atoms with E-state index in [-0.39, 0.29) is 5.56 Å². The molecule has 130 valence electrons. The predicted molar refractivity (Wildman–Crippen MR) is 101 cm³/mol. The molecule has 0 fully saturated rings. The lowest BCUT2D eigenvalue weighted by atomic mass is 10.1. The number of nitrogens with zero attached hydrogens (tertiary/aromatic N) is 5. The minimum Gasteiger partial charge on any atom is -0.265 e. The third-order valence-corrected chi connectivity index (χ3v) is 4.49. The number of aryl methyl sites for hydroxylation is 3. The summed E-state index contributed by atoms with van der Waals surface area (Å²) in [6, 6.07) is 11.7. The van der Waals surface area contributed by atoms with Gasteiger partial charge in [-0.1, -0.05) is 23.8 Å². The highest BCUT2D eigenvalue weighted by Gasteiger charge is 2.16. The highest BCUT2D eigenvalue weighted by molar-refractivity contribution is 5.81. The molecule has 0 spiro atoms.